The molecule has 0 radical (unpaired) electrons. The van der Waals surface area contributed by atoms with E-state index < -0.39 is 33.5 Å². The fourth-order valence-corrected chi connectivity index (χ4v) is 2.65. The molecule has 0 heterocycles. The zero-order chi connectivity index (χ0) is 25.5. The summed E-state index contributed by atoms with van der Waals surface area (Å²) in [6.45, 7) is 0. The van der Waals surface area contributed by atoms with Crippen LogP contribution in [0, 0.1) is 0 Å². The number of aliphatic imine (C=N–C) groups is 2. The third kappa shape index (κ3) is 8.12. The van der Waals surface area contributed by atoms with Gasteiger partial charge in [-0.15, -0.1) is 0 Å². The van der Waals surface area contributed by atoms with Gasteiger partial charge in [-0.2, -0.15) is 36.5 Å². The Bertz CT molecular complexity index is 1050. The molecule has 0 bridgehead atoms. The first-order valence-corrected chi connectivity index (χ1v) is 9.51. The minimum atomic E-state index is -4.66. The van der Waals surface area contributed by atoms with Crippen LogP contribution in [0.3, 0.4) is 0 Å². The number of halogens is 8. The number of hydrogen-bond acceptors (Lipinski definition) is 4. The van der Waals surface area contributed by atoms with Crippen LogP contribution >= 0.6 is 23.2 Å². The lowest BCUT2D eigenvalue weighted by Crippen LogP contribution is -2.27. The minimum Gasteiger partial charge on any atom is -0.368 e. The number of nitrogens with two attached hydrogens (primary N) is 2. The van der Waals surface area contributed by atoms with Crippen LogP contribution in [0.25, 0.3) is 0 Å². The molecule has 0 unspecified atom stereocenters. The second-order valence-corrected chi connectivity index (χ2v) is 6.91. The highest BCUT2D eigenvalue weighted by Crippen LogP contribution is 2.37. The number of nitrogens with one attached hydrogen (secondary N) is 2. The predicted molar refractivity (Wildman–Crippen MR) is 119 cm³/mol. The molecule has 0 aromatic heterocycles. The Labute approximate surface area is 198 Å². The molecule has 0 saturated heterocycles. The van der Waals surface area contributed by atoms with Crippen molar-refractivity contribution in [2.24, 2.45) is 31.7 Å². The van der Waals surface area contributed by atoms with Gasteiger partial charge in [-0.05, 0) is 36.4 Å². The summed E-state index contributed by atoms with van der Waals surface area (Å²) in [5.74, 6) is -0.672. The molecule has 0 aliphatic carbocycles. The SMILES string of the molecule is NC(=Nc1ccc(Cl)c(C(F)(F)F)c1)N/N=C/C=N/NC(N)=Nc1ccc(Cl)c(C(F)(F)F)c1. The number of hydrogen-bond donors (Lipinski definition) is 4. The molecule has 182 valence electrons. The second kappa shape index (κ2) is 11.1. The highest BCUT2D eigenvalue weighted by Gasteiger charge is 2.34. The Hall–Kier alpha value is -3.52. The van der Waals surface area contributed by atoms with Crippen molar-refractivity contribution in [3.63, 3.8) is 0 Å². The Kier molecular flexibility index (Phi) is 8.70. The van der Waals surface area contributed by atoms with Crippen molar-refractivity contribution in [3.8, 4) is 0 Å². The zero-order valence-corrected chi connectivity index (χ0v) is 18.1. The number of rotatable bonds is 5. The van der Waals surface area contributed by atoms with E-state index in [1.165, 1.54) is 12.1 Å². The van der Waals surface area contributed by atoms with E-state index in [0.29, 0.717) is 12.1 Å². The first-order chi connectivity index (χ1) is 15.8. The first-order valence-electron chi connectivity index (χ1n) is 8.76. The van der Waals surface area contributed by atoms with Crippen molar-refractivity contribution in [2.75, 3.05) is 0 Å². The zero-order valence-electron chi connectivity index (χ0n) is 16.6. The summed E-state index contributed by atoms with van der Waals surface area (Å²) in [6.07, 6.45) is -7.19. The molecule has 6 N–H and O–H groups in total. The molecule has 0 aliphatic heterocycles. The van der Waals surface area contributed by atoms with Gasteiger partial charge in [-0.1, -0.05) is 23.2 Å². The molecular formula is C18H14Cl2F6N8. The number of hydrazone groups is 2. The Morgan fingerprint density at radius 1 is 0.706 bits per heavy atom. The van der Waals surface area contributed by atoms with Gasteiger partial charge in [-0.25, -0.2) is 20.8 Å². The third-order valence-corrected chi connectivity index (χ3v) is 4.24. The van der Waals surface area contributed by atoms with E-state index in [4.69, 9.17) is 34.7 Å². The normalized spacial score (nSPS) is 13.6. The smallest absolute Gasteiger partial charge is 0.368 e. The molecule has 0 atom stereocenters. The fourth-order valence-electron chi connectivity index (χ4n) is 2.20. The molecule has 2 rings (SSSR count). The molecule has 16 heteroatoms. The van der Waals surface area contributed by atoms with E-state index in [1.54, 1.807) is 0 Å². The summed E-state index contributed by atoms with van der Waals surface area (Å²) in [5.41, 5.74) is 13.2. The van der Waals surface area contributed by atoms with E-state index in [1.807, 2.05) is 0 Å². The summed E-state index contributed by atoms with van der Waals surface area (Å²) in [6, 6.07) is 5.93. The Balaban J connectivity index is 1.94. The maximum atomic E-state index is 12.9. The van der Waals surface area contributed by atoms with Gasteiger partial charge in [0.05, 0.1) is 45.0 Å². The average molecular weight is 527 g/mol. The van der Waals surface area contributed by atoms with Crippen LogP contribution in [0.4, 0.5) is 37.7 Å². The summed E-state index contributed by atoms with van der Waals surface area (Å²) in [7, 11) is 0. The van der Waals surface area contributed by atoms with Gasteiger partial charge in [0.15, 0.2) is 0 Å². The van der Waals surface area contributed by atoms with E-state index >= 15 is 0 Å². The summed E-state index contributed by atoms with van der Waals surface area (Å²) in [5, 5.41) is 6.22. The van der Waals surface area contributed by atoms with Crippen molar-refractivity contribution in [1.29, 1.82) is 0 Å². The molecule has 2 aromatic rings. The Morgan fingerprint density at radius 3 is 1.38 bits per heavy atom. The van der Waals surface area contributed by atoms with Crippen molar-refractivity contribution in [3.05, 3.63) is 57.6 Å². The highest BCUT2D eigenvalue weighted by molar-refractivity contribution is 6.31. The lowest BCUT2D eigenvalue weighted by molar-refractivity contribution is -0.138. The van der Waals surface area contributed by atoms with Crippen LogP contribution in [0.15, 0.2) is 56.6 Å². The molecule has 0 saturated carbocycles. The van der Waals surface area contributed by atoms with Gasteiger partial charge in [-0.3, -0.25) is 0 Å². The van der Waals surface area contributed by atoms with E-state index in [2.05, 4.69) is 31.0 Å². The van der Waals surface area contributed by atoms with Crippen molar-refractivity contribution >= 4 is 58.9 Å². The van der Waals surface area contributed by atoms with Crippen LogP contribution < -0.4 is 22.3 Å². The van der Waals surface area contributed by atoms with Crippen LogP contribution in [0.5, 0.6) is 0 Å². The number of benzene rings is 2. The monoisotopic (exact) mass is 526 g/mol. The first kappa shape index (κ1) is 26.7. The number of nitrogens with zero attached hydrogens (tertiary/aromatic N) is 4. The van der Waals surface area contributed by atoms with Gasteiger partial charge in [0.25, 0.3) is 0 Å². The standard InChI is InChI=1S/C18H14Cl2F6N8/c19-13-3-1-9(7-11(13)17(21,22)23)31-15(27)33-29-5-6-30-34-16(28)32-10-2-4-14(20)12(8-10)18(24,25)26/h1-8H,(H3,27,31,33)(H3,28,32,34)/b29-5+,30-6+. The number of guanidine groups is 2. The largest absolute Gasteiger partial charge is 0.417 e. The van der Waals surface area contributed by atoms with Gasteiger partial charge < -0.3 is 11.5 Å². The molecule has 0 aliphatic rings. The van der Waals surface area contributed by atoms with E-state index in [0.717, 1.165) is 24.6 Å². The maximum absolute atomic E-state index is 12.9. The van der Waals surface area contributed by atoms with E-state index in [9.17, 15) is 26.3 Å². The lowest BCUT2D eigenvalue weighted by Gasteiger charge is -2.09. The lowest BCUT2D eigenvalue weighted by atomic mass is 10.2. The van der Waals surface area contributed by atoms with Crippen LogP contribution in [-0.2, 0) is 12.4 Å². The second-order valence-electron chi connectivity index (χ2n) is 6.10. The predicted octanol–water partition coefficient (Wildman–Crippen LogP) is 4.77. The molecule has 8 nitrogen and oxygen atoms in total. The van der Waals surface area contributed by atoms with Crippen LogP contribution in [-0.4, -0.2) is 24.3 Å². The maximum Gasteiger partial charge on any atom is 0.417 e. The highest BCUT2D eigenvalue weighted by atomic mass is 35.5. The average Bonchev–Trinajstić information content (AvgIpc) is 2.71. The van der Waals surface area contributed by atoms with Gasteiger partial charge in [0.2, 0.25) is 11.9 Å². The van der Waals surface area contributed by atoms with Gasteiger partial charge in [0, 0.05) is 0 Å². The quantitative estimate of drug-likeness (QED) is 0.193. The van der Waals surface area contributed by atoms with E-state index in [-0.39, 0.29) is 23.3 Å². The van der Waals surface area contributed by atoms with Gasteiger partial charge in [0.1, 0.15) is 0 Å². The molecule has 0 spiro atoms. The Morgan fingerprint density at radius 2 is 1.06 bits per heavy atom. The van der Waals surface area contributed by atoms with Crippen LogP contribution in [0.2, 0.25) is 10.0 Å². The van der Waals surface area contributed by atoms with Gasteiger partial charge >= 0.3 is 12.4 Å². The topological polar surface area (TPSA) is 126 Å². The molecule has 0 amide bonds. The molecule has 2 aromatic carbocycles. The molecule has 0 fully saturated rings. The fraction of sp³-hybridized carbons (Fsp3) is 0.111. The van der Waals surface area contributed by atoms with Crippen molar-refractivity contribution in [2.45, 2.75) is 12.4 Å². The van der Waals surface area contributed by atoms with Crippen LogP contribution in [0.1, 0.15) is 11.1 Å². The minimum absolute atomic E-state index is 0.118. The van der Waals surface area contributed by atoms with Crippen molar-refractivity contribution in [1.82, 2.24) is 10.9 Å². The molecule has 34 heavy (non-hydrogen) atoms. The molecular weight excluding hydrogens is 513 g/mol. The van der Waals surface area contributed by atoms with Crippen molar-refractivity contribution < 1.29 is 26.3 Å². The third-order valence-electron chi connectivity index (χ3n) is 3.58. The summed E-state index contributed by atoms with van der Waals surface area (Å²) < 4.78 is 77.1. The summed E-state index contributed by atoms with van der Waals surface area (Å²) >= 11 is 11.0. The number of alkyl halides is 6. The summed E-state index contributed by atoms with van der Waals surface area (Å²) in [4.78, 5) is 7.44.